The first-order chi connectivity index (χ1) is 9.58. The Kier molecular flexibility index (Phi) is 10.5. The molecule has 1 aliphatic rings. The van der Waals surface area contributed by atoms with E-state index in [2.05, 4.69) is 24.1 Å². The van der Waals surface area contributed by atoms with Crippen LogP contribution in [-0.4, -0.2) is 36.2 Å². The fourth-order valence-corrected chi connectivity index (χ4v) is 2.99. The lowest BCUT2D eigenvalue weighted by molar-refractivity contribution is 0.157. The average Bonchev–Trinajstić information content (AvgIpc) is 2.43. The maximum absolute atomic E-state index is 10.2. The zero-order valence-corrected chi connectivity index (χ0v) is 15.6. The van der Waals surface area contributed by atoms with Gasteiger partial charge in [-0.25, -0.2) is 0 Å². The second kappa shape index (κ2) is 10.6. The van der Waals surface area contributed by atoms with E-state index < -0.39 is 0 Å². The molecule has 1 atom stereocenters. The van der Waals surface area contributed by atoms with Crippen LogP contribution in [0.15, 0.2) is 18.2 Å². The number of phenolic OH excluding ortho intramolecular Hbond substituents is 1. The van der Waals surface area contributed by atoms with Crippen molar-refractivity contribution in [3.63, 3.8) is 0 Å². The first-order valence-electron chi connectivity index (χ1n) is 7.51. The van der Waals surface area contributed by atoms with Gasteiger partial charge in [-0.2, -0.15) is 0 Å². The van der Waals surface area contributed by atoms with Gasteiger partial charge in [-0.05, 0) is 37.0 Å². The highest BCUT2D eigenvalue weighted by Gasteiger charge is 2.24. The van der Waals surface area contributed by atoms with Gasteiger partial charge in [-0.3, -0.25) is 4.90 Å². The Bertz CT molecular complexity index is 437. The van der Waals surface area contributed by atoms with Gasteiger partial charge in [0.15, 0.2) is 0 Å². The summed E-state index contributed by atoms with van der Waals surface area (Å²) in [6, 6.07) is 5.64. The molecule has 0 bridgehead atoms. The lowest BCUT2D eigenvalue weighted by atomic mass is 9.95. The number of aromatic hydroxyl groups is 1. The molecule has 2 rings (SSSR count). The number of nitrogens with one attached hydrogen (secondary N) is 1. The smallest absolute Gasteiger partial charge is 0.120 e. The second-order valence-electron chi connectivity index (χ2n) is 5.98. The van der Waals surface area contributed by atoms with Crippen molar-refractivity contribution in [1.29, 1.82) is 0 Å². The van der Waals surface area contributed by atoms with Gasteiger partial charge in [-0.15, -0.1) is 24.8 Å². The SMILES string of the molecule is CC(C)CC[C@H](c1cc(Cl)ccc1O)N1CCNCC1.Cl.Cl. The van der Waals surface area contributed by atoms with Crippen molar-refractivity contribution in [2.24, 2.45) is 5.92 Å². The van der Waals surface area contributed by atoms with Crippen LogP contribution in [0.1, 0.15) is 38.3 Å². The summed E-state index contributed by atoms with van der Waals surface area (Å²) in [6.07, 6.45) is 2.21. The predicted octanol–water partition coefficient (Wildman–Crippen LogP) is 4.27. The van der Waals surface area contributed by atoms with Crippen LogP contribution in [0.5, 0.6) is 5.75 Å². The lowest BCUT2D eigenvalue weighted by Gasteiger charge is -2.36. The van der Waals surface area contributed by atoms with Crippen molar-refractivity contribution in [2.75, 3.05) is 26.2 Å². The van der Waals surface area contributed by atoms with E-state index in [9.17, 15) is 5.11 Å². The highest BCUT2D eigenvalue weighted by atomic mass is 35.5. The quantitative estimate of drug-likeness (QED) is 0.813. The van der Waals surface area contributed by atoms with Crippen molar-refractivity contribution in [3.05, 3.63) is 28.8 Å². The molecule has 0 aliphatic carbocycles. The van der Waals surface area contributed by atoms with Crippen molar-refractivity contribution in [1.82, 2.24) is 10.2 Å². The first-order valence-corrected chi connectivity index (χ1v) is 7.89. The fourth-order valence-electron chi connectivity index (χ4n) is 2.81. The van der Waals surface area contributed by atoms with Crippen LogP contribution in [-0.2, 0) is 0 Å². The Labute approximate surface area is 151 Å². The molecule has 1 aromatic rings. The van der Waals surface area contributed by atoms with Gasteiger partial charge in [-0.1, -0.05) is 25.4 Å². The Hall–Kier alpha value is -0.190. The fraction of sp³-hybridized carbons (Fsp3) is 0.625. The molecule has 0 unspecified atom stereocenters. The topological polar surface area (TPSA) is 35.5 Å². The van der Waals surface area contributed by atoms with Crippen LogP contribution in [0, 0.1) is 5.92 Å². The summed E-state index contributed by atoms with van der Waals surface area (Å²) in [7, 11) is 0. The van der Waals surface area contributed by atoms with Crippen LogP contribution in [0.3, 0.4) is 0 Å². The van der Waals surface area contributed by atoms with Crippen LogP contribution < -0.4 is 5.32 Å². The van der Waals surface area contributed by atoms with Gasteiger partial charge < -0.3 is 10.4 Å². The molecule has 128 valence electrons. The molecule has 1 fully saturated rings. The minimum absolute atomic E-state index is 0. The van der Waals surface area contributed by atoms with Crippen LogP contribution >= 0.6 is 36.4 Å². The average molecular weight is 370 g/mol. The van der Waals surface area contributed by atoms with E-state index >= 15 is 0 Å². The van der Waals surface area contributed by atoms with Crippen molar-refractivity contribution in [3.8, 4) is 5.75 Å². The van der Waals surface area contributed by atoms with Gasteiger partial charge in [0.2, 0.25) is 0 Å². The van der Waals surface area contributed by atoms with E-state index in [1.165, 1.54) is 0 Å². The molecule has 3 nitrogen and oxygen atoms in total. The molecule has 0 radical (unpaired) electrons. The monoisotopic (exact) mass is 368 g/mol. The van der Waals surface area contributed by atoms with E-state index in [1.807, 2.05) is 6.07 Å². The number of nitrogens with zero attached hydrogens (tertiary/aromatic N) is 1. The number of hydrogen-bond acceptors (Lipinski definition) is 3. The molecule has 0 saturated carbocycles. The maximum atomic E-state index is 10.2. The molecule has 2 N–H and O–H groups in total. The highest BCUT2D eigenvalue weighted by molar-refractivity contribution is 6.30. The Morgan fingerprint density at radius 2 is 1.82 bits per heavy atom. The van der Waals surface area contributed by atoms with E-state index in [4.69, 9.17) is 11.6 Å². The Morgan fingerprint density at radius 3 is 2.41 bits per heavy atom. The second-order valence-corrected chi connectivity index (χ2v) is 6.41. The van der Waals surface area contributed by atoms with Crippen LogP contribution in [0.25, 0.3) is 0 Å². The van der Waals surface area contributed by atoms with Crippen molar-refractivity contribution >= 4 is 36.4 Å². The number of rotatable bonds is 5. The van der Waals surface area contributed by atoms with Crippen molar-refractivity contribution in [2.45, 2.75) is 32.7 Å². The number of piperazine rings is 1. The number of phenols is 1. The minimum Gasteiger partial charge on any atom is -0.508 e. The molecule has 1 heterocycles. The first kappa shape index (κ1) is 21.8. The van der Waals surface area contributed by atoms with E-state index in [-0.39, 0.29) is 30.9 Å². The summed E-state index contributed by atoms with van der Waals surface area (Å²) in [5.74, 6) is 1.03. The van der Waals surface area contributed by atoms with Crippen molar-refractivity contribution < 1.29 is 5.11 Å². The molecule has 1 aromatic carbocycles. The molecular weight excluding hydrogens is 343 g/mol. The molecule has 0 spiro atoms. The summed E-state index contributed by atoms with van der Waals surface area (Å²) in [6.45, 7) is 8.56. The zero-order valence-electron chi connectivity index (χ0n) is 13.2. The molecule has 1 saturated heterocycles. The number of hydrogen-bond donors (Lipinski definition) is 2. The summed E-state index contributed by atoms with van der Waals surface area (Å²) >= 11 is 6.12. The number of benzene rings is 1. The van der Waals surface area contributed by atoms with E-state index in [1.54, 1.807) is 12.1 Å². The zero-order chi connectivity index (χ0) is 14.5. The largest absolute Gasteiger partial charge is 0.508 e. The van der Waals surface area contributed by atoms with E-state index in [0.29, 0.717) is 16.7 Å². The minimum atomic E-state index is 0. The third-order valence-corrected chi connectivity index (χ3v) is 4.19. The van der Waals surface area contributed by atoms with Gasteiger partial charge in [0.1, 0.15) is 5.75 Å². The van der Waals surface area contributed by atoms with Crippen LogP contribution in [0.4, 0.5) is 0 Å². The third-order valence-electron chi connectivity index (χ3n) is 3.96. The lowest BCUT2D eigenvalue weighted by Crippen LogP contribution is -2.45. The summed E-state index contributed by atoms with van der Waals surface area (Å²) in [5.41, 5.74) is 0.972. The molecule has 1 aliphatic heterocycles. The van der Waals surface area contributed by atoms with Gasteiger partial charge in [0, 0.05) is 42.8 Å². The Balaban J connectivity index is 0.00000220. The number of halogens is 3. The Morgan fingerprint density at radius 1 is 1.18 bits per heavy atom. The molecular formula is C16H27Cl3N2O. The molecule has 0 amide bonds. The third kappa shape index (κ3) is 6.13. The maximum Gasteiger partial charge on any atom is 0.120 e. The van der Waals surface area contributed by atoms with Gasteiger partial charge >= 0.3 is 0 Å². The van der Waals surface area contributed by atoms with Gasteiger partial charge in [0.25, 0.3) is 0 Å². The highest BCUT2D eigenvalue weighted by Crippen LogP contribution is 2.35. The molecule has 22 heavy (non-hydrogen) atoms. The van der Waals surface area contributed by atoms with Crippen LogP contribution in [0.2, 0.25) is 5.02 Å². The summed E-state index contributed by atoms with van der Waals surface area (Å²) < 4.78 is 0. The molecule has 0 aromatic heterocycles. The normalized spacial score (nSPS) is 16.7. The van der Waals surface area contributed by atoms with E-state index in [0.717, 1.165) is 44.6 Å². The predicted molar refractivity (Wildman–Crippen MR) is 98.9 cm³/mol. The van der Waals surface area contributed by atoms with Gasteiger partial charge in [0.05, 0.1) is 0 Å². The molecule has 6 heteroatoms. The summed E-state index contributed by atoms with van der Waals surface area (Å²) in [5, 5.41) is 14.3. The summed E-state index contributed by atoms with van der Waals surface area (Å²) in [4.78, 5) is 2.46. The standard InChI is InChI=1S/C16H25ClN2O.2ClH/c1-12(2)3-5-15(19-9-7-18-8-10-19)14-11-13(17)4-6-16(14)20;;/h4,6,11-12,15,18,20H,3,5,7-10H2,1-2H3;2*1H/t15-;;/m1../s1.